The third-order valence-corrected chi connectivity index (χ3v) is 2.42. The minimum atomic E-state index is -0.211. The lowest BCUT2D eigenvalue weighted by Gasteiger charge is -2.11. The van der Waals surface area contributed by atoms with Gasteiger partial charge in [0.15, 0.2) is 5.78 Å². The van der Waals surface area contributed by atoms with E-state index in [-0.39, 0.29) is 11.8 Å². The molecule has 0 aliphatic carbocycles. The number of hydrogen-bond donors (Lipinski definition) is 2. The molecule has 0 heterocycles. The number of nitrogen functional groups attached to an aromatic ring is 1. The first-order chi connectivity index (χ1) is 7.60. The number of ketones is 1. The molecule has 0 bridgehead atoms. The lowest BCUT2D eigenvalue weighted by molar-refractivity contribution is 0.0955. The number of Topliss-reactive ketones (excluding diaryl/α,β-unsaturated/α-hetero) is 1. The zero-order chi connectivity index (χ0) is 12.1. The summed E-state index contributed by atoms with van der Waals surface area (Å²) in [6, 6.07) is 4.91. The van der Waals surface area contributed by atoms with Crippen molar-refractivity contribution in [1.82, 2.24) is 5.32 Å². The van der Waals surface area contributed by atoms with Gasteiger partial charge in [-0.3, -0.25) is 4.79 Å². The van der Waals surface area contributed by atoms with Crippen LogP contribution in [0.2, 0.25) is 0 Å². The molecule has 0 fully saturated rings. The van der Waals surface area contributed by atoms with Gasteiger partial charge in [0.05, 0.1) is 18.3 Å². The first-order valence-corrected chi connectivity index (χ1v) is 5.34. The lowest BCUT2D eigenvalue weighted by Crippen LogP contribution is -2.30. The molecule has 88 valence electrons. The zero-order valence-corrected chi connectivity index (χ0v) is 9.91. The van der Waals surface area contributed by atoms with Crippen molar-refractivity contribution in [3.05, 3.63) is 23.8 Å². The molecular formula is C12H18N2O2. The van der Waals surface area contributed by atoms with E-state index in [1.54, 1.807) is 25.2 Å². The second-order valence-corrected chi connectivity index (χ2v) is 3.56. The van der Waals surface area contributed by atoms with Crippen LogP contribution in [0.5, 0.6) is 5.75 Å². The number of hydrogen-bond acceptors (Lipinski definition) is 4. The number of benzene rings is 1. The third kappa shape index (κ3) is 2.73. The third-order valence-electron chi connectivity index (χ3n) is 2.42. The minimum Gasteiger partial charge on any atom is -0.492 e. The Bertz CT molecular complexity index is 377. The monoisotopic (exact) mass is 222 g/mol. The second kappa shape index (κ2) is 5.51. The standard InChI is InChI=1S/C12H18N2O2/c1-4-16-11-6-5-9(7-10(11)13)12(15)8(2)14-3/h5-8,14H,4,13H2,1-3H3. The number of carbonyl (C=O) groups is 1. The van der Waals surface area contributed by atoms with E-state index in [0.29, 0.717) is 23.6 Å². The van der Waals surface area contributed by atoms with Crippen LogP contribution in [0.4, 0.5) is 5.69 Å². The molecular weight excluding hydrogens is 204 g/mol. The maximum absolute atomic E-state index is 11.8. The van der Waals surface area contributed by atoms with Gasteiger partial charge in [0.1, 0.15) is 5.75 Å². The summed E-state index contributed by atoms with van der Waals surface area (Å²) >= 11 is 0. The minimum absolute atomic E-state index is 0.0252. The molecule has 4 nitrogen and oxygen atoms in total. The molecule has 3 N–H and O–H groups in total. The van der Waals surface area contributed by atoms with Crippen molar-refractivity contribution in [2.24, 2.45) is 0 Å². The number of rotatable bonds is 5. The second-order valence-electron chi connectivity index (χ2n) is 3.56. The van der Waals surface area contributed by atoms with Crippen LogP contribution < -0.4 is 15.8 Å². The first kappa shape index (κ1) is 12.5. The average molecular weight is 222 g/mol. The van der Waals surface area contributed by atoms with Crippen molar-refractivity contribution in [1.29, 1.82) is 0 Å². The van der Waals surface area contributed by atoms with E-state index in [1.807, 2.05) is 13.8 Å². The molecule has 1 rings (SSSR count). The summed E-state index contributed by atoms with van der Waals surface area (Å²) in [5.41, 5.74) is 6.89. The van der Waals surface area contributed by atoms with E-state index < -0.39 is 0 Å². The predicted molar refractivity (Wildman–Crippen MR) is 64.9 cm³/mol. The van der Waals surface area contributed by atoms with Crippen LogP contribution in [0.3, 0.4) is 0 Å². The van der Waals surface area contributed by atoms with Crippen LogP contribution >= 0.6 is 0 Å². The van der Waals surface area contributed by atoms with Gasteiger partial charge < -0.3 is 15.8 Å². The molecule has 0 radical (unpaired) electrons. The summed E-state index contributed by atoms with van der Waals surface area (Å²) < 4.78 is 5.31. The van der Waals surface area contributed by atoms with Crippen LogP contribution in [-0.4, -0.2) is 25.5 Å². The summed E-state index contributed by atoms with van der Waals surface area (Å²) in [5, 5.41) is 2.90. The molecule has 1 unspecified atom stereocenters. The highest BCUT2D eigenvalue weighted by Crippen LogP contribution is 2.23. The maximum Gasteiger partial charge on any atom is 0.179 e. The van der Waals surface area contributed by atoms with Crippen LogP contribution in [0.15, 0.2) is 18.2 Å². The SMILES string of the molecule is CCOc1ccc(C(=O)C(C)NC)cc1N. The molecule has 4 heteroatoms. The van der Waals surface area contributed by atoms with Gasteiger partial charge in [-0.15, -0.1) is 0 Å². The molecule has 0 aliphatic rings. The fourth-order valence-corrected chi connectivity index (χ4v) is 1.37. The summed E-state index contributed by atoms with van der Waals surface area (Å²) in [7, 11) is 1.75. The Labute approximate surface area is 95.8 Å². The molecule has 0 saturated carbocycles. The van der Waals surface area contributed by atoms with Gasteiger partial charge in [-0.05, 0) is 39.1 Å². The number of nitrogens with two attached hydrogens (primary N) is 1. The number of ether oxygens (including phenoxy) is 1. The highest BCUT2D eigenvalue weighted by molar-refractivity contribution is 6.00. The normalized spacial score (nSPS) is 12.2. The Morgan fingerprint density at radius 2 is 2.25 bits per heavy atom. The van der Waals surface area contributed by atoms with Gasteiger partial charge in [0.2, 0.25) is 0 Å². The average Bonchev–Trinajstić information content (AvgIpc) is 2.30. The summed E-state index contributed by atoms with van der Waals surface area (Å²) in [6.45, 7) is 4.26. The van der Waals surface area contributed by atoms with Gasteiger partial charge in [-0.25, -0.2) is 0 Å². The van der Waals surface area contributed by atoms with E-state index in [2.05, 4.69) is 5.32 Å². The molecule has 0 saturated heterocycles. The van der Waals surface area contributed by atoms with Crippen molar-refractivity contribution in [3.63, 3.8) is 0 Å². The highest BCUT2D eigenvalue weighted by atomic mass is 16.5. The predicted octanol–water partition coefficient (Wildman–Crippen LogP) is 1.46. The van der Waals surface area contributed by atoms with E-state index in [0.717, 1.165) is 0 Å². The summed E-state index contributed by atoms with van der Waals surface area (Å²) in [5.74, 6) is 0.647. The van der Waals surface area contributed by atoms with Gasteiger partial charge in [-0.1, -0.05) is 0 Å². The van der Waals surface area contributed by atoms with Crippen molar-refractivity contribution in [2.45, 2.75) is 19.9 Å². The van der Waals surface area contributed by atoms with E-state index in [9.17, 15) is 4.79 Å². The number of nitrogens with one attached hydrogen (secondary N) is 1. The highest BCUT2D eigenvalue weighted by Gasteiger charge is 2.14. The van der Waals surface area contributed by atoms with Crippen molar-refractivity contribution in [2.75, 3.05) is 19.4 Å². The Morgan fingerprint density at radius 1 is 1.56 bits per heavy atom. The first-order valence-electron chi connectivity index (χ1n) is 5.34. The molecule has 16 heavy (non-hydrogen) atoms. The quantitative estimate of drug-likeness (QED) is 0.584. The summed E-state index contributed by atoms with van der Waals surface area (Å²) in [6.07, 6.45) is 0. The van der Waals surface area contributed by atoms with E-state index in [1.165, 1.54) is 0 Å². The Kier molecular flexibility index (Phi) is 4.31. The largest absolute Gasteiger partial charge is 0.492 e. The number of anilines is 1. The van der Waals surface area contributed by atoms with Crippen LogP contribution in [0.1, 0.15) is 24.2 Å². The Hall–Kier alpha value is -1.55. The van der Waals surface area contributed by atoms with Crippen LogP contribution in [0, 0.1) is 0 Å². The molecule has 1 aromatic carbocycles. The van der Waals surface area contributed by atoms with Crippen LogP contribution in [-0.2, 0) is 0 Å². The van der Waals surface area contributed by atoms with Crippen LogP contribution in [0.25, 0.3) is 0 Å². The molecule has 1 atom stereocenters. The molecule has 0 spiro atoms. The van der Waals surface area contributed by atoms with Gasteiger partial charge >= 0.3 is 0 Å². The molecule has 0 aliphatic heterocycles. The maximum atomic E-state index is 11.8. The molecule has 1 aromatic rings. The van der Waals surface area contributed by atoms with Crippen molar-refractivity contribution in [3.8, 4) is 5.75 Å². The topological polar surface area (TPSA) is 64.3 Å². The summed E-state index contributed by atoms with van der Waals surface area (Å²) in [4.78, 5) is 11.8. The molecule has 0 amide bonds. The Morgan fingerprint density at radius 3 is 2.75 bits per heavy atom. The number of carbonyl (C=O) groups excluding carboxylic acids is 1. The lowest BCUT2D eigenvalue weighted by atomic mass is 10.0. The van der Waals surface area contributed by atoms with Gasteiger partial charge in [0, 0.05) is 5.56 Å². The van der Waals surface area contributed by atoms with Crippen molar-refractivity contribution < 1.29 is 9.53 Å². The Balaban J connectivity index is 2.92. The van der Waals surface area contributed by atoms with Gasteiger partial charge in [-0.2, -0.15) is 0 Å². The van der Waals surface area contributed by atoms with E-state index in [4.69, 9.17) is 10.5 Å². The van der Waals surface area contributed by atoms with E-state index >= 15 is 0 Å². The number of likely N-dealkylation sites (N-methyl/N-ethyl adjacent to an activating group) is 1. The fourth-order valence-electron chi connectivity index (χ4n) is 1.37. The molecule has 0 aromatic heterocycles. The smallest absolute Gasteiger partial charge is 0.179 e. The zero-order valence-electron chi connectivity index (χ0n) is 9.91. The van der Waals surface area contributed by atoms with Crippen molar-refractivity contribution >= 4 is 11.5 Å². The van der Waals surface area contributed by atoms with Gasteiger partial charge in [0.25, 0.3) is 0 Å². The fraction of sp³-hybridized carbons (Fsp3) is 0.417.